The highest BCUT2D eigenvalue weighted by Gasteiger charge is 2.25. The van der Waals surface area contributed by atoms with E-state index < -0.39 is 0 Å². The lowest BCUT2D eigenvalue weighted by atomic mass is 10.0. The molecule has 1 atom stereocenters. The smallest absolute Gasteiger partial charge is 0.141 e. The molecule has 24 heavy (non-hydrogen) atoms. The monoisotopic (exact) mass is 327 g/mol. The molecule has 4 rings (SSSR count). The molecule has 0 bridgehead atoms. The van der Waals surface area contributed by atoms with Crippen LogP contribution in [0.5, 0.6) is 0 Å². The van der Waals surface area contributed by atoms with Crippen molar-refractivity contribution in [3.63, 3.8) is 0 Å². The fourth-order valence-electron chi connectivity index (χ4n) is 3.62. The zero-order chi connectivity index (χ0) is 16.7. The van der Waals surface area contributed by atoms with Gasteiger partial charge in [-0.25, -0.2) is 13.8 Å². The minimum absolute atomic E-state index is 0.295. The van der Waals surface area contributed by atoms with Crippen LogP contribution >= 0.6 is 0 Å². The largest absolute Gasteiger partial charge is 0.338 e. The normalized spacial score (nSPS) is 18.5. The molecule has 0 amide bonds. The Morgan fingerprint density at radius 1 is 1.21 bits per heavy atom. The van der Waals surface area contributed by atoms with Gasteiger partial charge in [0, 0.05) is 6.04 Å². The topological polar surface area (TPSA) is 31.9 Å². The average molecular weight is 327 g/mol. The average Bonchev–Trinajstić information content (AvgIpc) is 3.20. The predicted octanol–water partition coefficient (Wildman–Crippen LogP) is 4.66. The van der Waals surface area contributed by atoms with E-state index in [4.69, 9.17) is 0 Å². The van der Waals surface area contributed by atoms with Crippen molar-refractivity contribution in [3.05, 3.63) is 53.6 Å². The third-order valence-corrected chi connectivity index (χ3v) is 4.85. The summed E-state index contributed by atoms with van der Waals surface area (Å²) in [6.45, 7) is 4.18. The van der Waals surface area contributed by atoms with Gasteiger partial charge in [-0.15, -0.1) is 0 Å². The molecular weight excluding hydrogens is 308 g/mol. The van der Waals surface area contributed by atoms with Crippen LogP contribution in [0.2, 0.25) is 0 Å². The Kier molecular flexibility index (Phi) is 3.81. The highest BCUT2D eigenvalue weighted by atomic mass is 19.1. The van der Waals surface area contributed by atoms with Gasteiger partial charge < -0.3 is 4.98 Å². The fraction of sp³-hybridized carbons (Fsp3) is 0.316. The van der Waals surface area contributed by atoms with Gasteiger partial charge in [-0.05, 0) is 61.8 Å². The molecule has 3 nitrogen and oxygen atoms in total. The summed E-state index contributed by atoms with van der Waals surface area (Å²) in [4.78, 5) is 9.74. The maximum atomic E-state index is 14.7. The van der Waals surface area contributed by atoms with Crippen molar-refractivity contribution >= 4 is 11.0 Å². The van der Waals surface area contributed by atoms with Crippen molar-refractivity contribution in [1.29, 1.82) is 0 Å². The number of nitrogens with zero attached hydrogens (tertiary/aromatic N) is 2. The molecule has 2 heterocycles. The molecule has 2 aromatic carbocycles. The van der Waals surface area contributed by atoms with Gasteiger partial charge in [0.2, 0.25) is 0 Å². The van der Waals surface area contributed by atoms with Crippen LogP contribution in [0.4, 0.5) is 8.78 Å². The molecule has 1 aromatic heterocycles. The number of nitrogens with one attached hydrogen (secondary N) is 1. The quantitative estimate of drug-likeness (QED) is 0.758. The zero-order valence-electron chi connectivity index (χ0n) is 13.5. The van der Waals surface area contributed by atoms with Crippen molar-refractivity contribution < 1.29 is 8.78 Å². The van der Waals surface area contributed by atoms with Crippen molar-refractivity contribution in [1.82, 2.24) is 14.9 Å². The third kappa shape index (κ3) is 2.59. The molecule has 0 aliphatic carbocycles. The summed E-state index contributed by atoms with van der Waals surface area (Å²) >= 11 is 0. The van der Waals surface area contributed by atoms with Gasteiger partial charge in [0.05, 0.1) is 16.6 Å². The summed E-state index contributed by atoms with van der Waals surface area (Å²) in [5, 5.41) is 0. The molecule has 5 heteroatoms. The van der Waals surface area contributed by atoms with Gasteiger partial charge >= 0.3 is 0 Å². The Balaban J connectivity index is 1.70. The number of rotatable bonds is 3. The number of hydrogen-bond acceptors (Lipinski definition) is 2. The highest BCUT2D eigenvalue weighted by Crippen LogP contribution is 2.33. The molecule has 1 aliphatic rings. The van der Waals surface area contributed by atoms with Crippen LogP contribution in [0.25, 0.3) is 22.4 Å². The van der Waals surface area contributed by atoms with E-state index in [-0.39, 0.29) is 11.6 Å². The standard InChI is InChI=1S/C19H19F2N3/c1-2-24-9-3-4-18(24)12-5-7-14(15(21)10-12)19-22-16-8-6-13(20)11-17(16)23-19/h5-8,10-11,18H,2-4,9H2,1H3,(H,22,23). The van der Waals surface area contributed by atoms with Crippen LogP contribution in [0, 0.1) is 11.6 Å². The lowest BCUT2D eigenvalue weighted by molar-refractivity contribution is 0.271. The Bertz CT molecular complexity index is 887. The van der Waals surface area contributed by atoms with Gasteiger partial charge in [0.25, 0.3) is 0 Å². The van der Waals surface area contributed by atoms with E-state index in [9.17, 15) is 8.78 Å². The lowest BCUT2D eigenvalue weighted by Gasteiger charge is -2.23. The maximum Gasteiger partial charge on any atom is 0.141 e. The first-order chi connectivity index (χ1) is 11.7. The molecule has 1 aliphatic heterocycles. The summed E-state index contributed by atoms with van der Waals surface area (Å²) in [5.74, 6) is -0.206. The van der Waals surface area contributed by atoms with Crippen molar-refractivity contribution in [2.24, 2.45) is 0 Å². The van der Waals surface area contributed by atoms with Gasteiger partial charge in [-0.2, -0.15) is 0 Å². The maximum absolute atomic E-state index is 14.7. The molecular formula is C19H19F2N3. The van der Waals surface area contributed by atoms with E-state index in [1.807, 2.05) is 6.07 Å². The van der Waals surface area contributed by atoms with Gasteiger partial charge in [0.1, 0.15) is 17.5 Å². The molecule has 0 radical (unpaired) electrons. The number of imidazole rings is 1. The first kappa shape index (κ1) is 15.3. The second-order valence-corrected chi connectivity index (χ2v) is 6.27. The van der Waals surface area contributed by atoms with Crippen LogP contribution in [0.1, 0.15) is 31.4 Å². The number of halogens is 2. The second kappa shape index (κ2) is 5.98. The first-order valence-corrected chi connectivity index (χ1v) is 8.35. The fourth-order valence-corrected chi connectivity index (χ4v) is 3.62. The Hall–Kier alpha value is -2.27. The van der Waals surface area contributed by atoms with E-state index in [0.717, 1.165) is 31.5 Å². The summed E-state index contributed by atoms with van der Waals surface area (Å²) in [6.07, 6.45) is 2.22. The van der Waals surface area contributed by atoms with E-state index in [0.29, 0.717) is 28.5 Å². The number of H-pyrrole nitrogens is 1. The molecule has 1 fully saturated rings. The Morgan fingerprint density at radius 3 is 2.88 bits per heavy atom. The zero-order valence-corrected chi connectivity index (χ0v) is 13.5. The molecule has 124 valence electrons. The Labute approximate surface area is 139 Å². The van der Waals surface area contributed by atoms with Crippen molar-refractivity contribution in [2.45, 2.75) is 25.8 Å². The number of likely N-dealkylation sites (tertiary alicyclic amines) is 1. The molecule has 1 saturated heterocycles. The molecule has 0 saturated carbocycles. The molecule has 1 N–H and O–H groups in total. The van der Waals surface area contributed by atoms with Crippen LogP contribution in [-0.4, -0.2) is 28.0 Å². The molecule has 3 aromatic rings. The first-order valence-electron chi connectivity index (χ1n) is 8.35. The SMILES string of the molecule is CCN1CCCC1c1ccc(-c2nc3ccc(F)cc3[nH]2)c(F)c1. The molecule has 1 unspecified atom stereocenters. The van der Waals surface area contributed by atoms with Gasteiger partial charge in [-0.3, -0.25) is 4.90 Å². The lowest BCUT2D eigenvalue weighted by Crippen LogP contribution is -2.22. The van der Waals surface area contributed by atoms with E-state index in [2.05, 4.69) is 21.8 Å². The van der Waals surface area contributed by atoms with Crippen LogP contribution < -0.4 is 0 Å². The minimum Gasteiger partial charge on any atom is -0.338 e. The number of aromatic nitrogens is 2. The van der Waals surface area contributed by atoms with Crippen LogP contribution in [0.3, 0.4) is 0 Å². The number of hydrogen-bond donors (Lipinski definition) is 1. The Morgan fingerprint density at radius 2 is 2.08 bits per heavy atom. The summed E-state index contributed by atoms with van der Waals surface area (Å²) in [7, 11) is 0. The van der Waals surface area contributed by atoms with Crippen LogP contribution in [0.15, 0.2) is 36.4 Å². The third-order valence-electron chi connectivity index (χ3n) is 4.85. The number of fused-ring (bicyclic) bond motifs is 1. The number of aromatic amines is 1. The van der Waals surface area contributed by atoms with Crippen molar-refractivity contribution in [2.75, 3.05) is 13.1 Å². The van der Waals surface area contributed by atoms with Crippen molar-refractivity contribution in [3.8, 4) is 11.4 Å². The minimum atomic E-state index is -0.339. The van der Waals surface area contributed by atoms with E-state index in [1.165, 1.54) is 12.1 Å². The van der Waals surface area contributed by atoms with E-state index in [1.54, 1.807) is 18.2 Å². The number of benzene rings is 2. The molecule has 0 spiro atoms. The second-order valence-electron chi connectivity index (χ2n) is 6.27. The summed E-state index contributed by atoms with van der Waals surface area (Å²) in [5.41, 5.74) is 2.62. The van der Waals surface area contributed by atoms with Crippen LogP contribution in [-0.2, 0) is 0 Å². The van der Waals surface area contributed by atoms with Gasteiger partial charge in [-0.1, -0.05) is 13.0 Å². The van der Waals surface area contributed by atoms with E-state index >= 15 is 0 Å². The summed E-state index contributed by atoms with van der Waals surface area (Å²) < 4.78 is 28.0. The van der Waals surface area contributed by atoms with Gasteiger partial charge in [0.15, 0.2) is 0 Å². The summed E-state index contributed by atoms with van der Waals surface area (Å²) in [6, 6.07) is 9.97. The highest BCUT2D eigenvalue weighted by molar-refractivity contribution is 5.79. The predicted molar refractivity (Wildman–Crippen MR) is 90.7 cm³/mol.